The molecule has 0 aliphatic rings. The number of allylic oxidation sites excluding steroid dienone is 1. The van der Waals surface area contributed by atoms with Gasteiger partial charge in [0, 0.05) is 26.4 Å². The molecule has 0 bridgehead atoms. The lowest BCUT2D eigenvalue weighted by Gasteiger charge is -2.30. The first kappa shape index (κ1) is 22.8. The molecule has 0 aliphatic heterocycles. The van der Waals surface area contributed by atoms with E-state index in [0.717, 1.165) is 38.0 Å². The molecule has 0 heterocycles. The van der Waals surface area contributed by atoms with Crippen molar-refractivity contribution in [3.63, 3.8) is 0 Å². The first-order chi connectivity index (χ1) is 11.2. The zero-order chi connectivity index (χ0) is 17.2. The molecular formula is C19H38O3S. The molecular weight excluding hydrogens is 308 g/mol. The van der Waals surface area contributed by atoms with Gasteiger partial charge in [0.15, 0.2) is 0 Å². The van der Waals surface area contributed by atoms with Crippen LogP contribution < -0.4 is 0 Å². The zero-order valence-corrected chi connectivity index (χ0v) is 16.6. The highest BCUT2D eigenvalue weighted by Gasteiger charge is 2.29. The maximum absolute atomic E-state index is 5.66. The van der Waals surface area contributed by atoms with Crippen LogP contribution in [0.25, 0.3) is 0 Å². The van der Waals surface area contributed by atoms with E-state index in [-0.39, 0.29) is 0 Å². The van der Waals surface area contributed by atoms with E-state index in [1.165, 1.54) is 38.5 Å². The van der Waals surface area contributed by atoms with E-state index >= 15 is 0 Å². The number of rotatable bonds is 17. The monoisotopic (exact) mass is 346 g/mol. The molecule has 0 aliphatic carbocycles. The number of thioether (sulfide) groups is 1. The molecule has 0 atom stereocenters. The summed E-state index contributed by atoms with van der Waals surface area (Å²) in [6.45, 7) is 5.11. The largest absolute Gasteiger partial charge is 0.502 e. The molecule has 0 rings (SSSR count). The predicted molar refractivity (Wildman–Crippen MR) is 102 cm³/mol. The Balaban J connectivity index is 3.80. The fraction of sp³-hybridized carbons (Fsp3) is 0.895. The fourth-order valence-corrected chi connectivity index (χ4v) is 3.48. The topological polar surface area (TPSA) is 27.7 Å². The third-order valence-electron chi connectivity index (χ3n) is 3.87. The van der Waals surface area contributed by atoms with Crippen LogP contribution in [-0.4, -0.2) is 31.7 Å². The minimum Gasteiger partial charge on any atom is -0.502 e. The van der Waals surface area contributed by atoms with E-state index in [4.69, 9.17) is 14.2 Å². The van der Waals surface area contributed by atoms with Crippen molar-refractivity contribution in [3.05, 3.63) is 12.3 Å². The summed E-state index contributed by atoms with van der Waals surface area (Å²) in [5.74, 6) is 0.984. The van der Waals surface area contributed by atoms with E-state index in [0.29, 0.717) is 0 Å². The smallest absolute Gasteiger partial charge is 0.217 e. The molecule has 0 aromatic heterocycles. The molecule has 3 nitrogen and oxygen atoms in total. The van der Waals surface area contributed by atoms with E-state index in [1.54, 1.807) is 32.2 Å². The van der Waals surface area contributed by atoms with Gasteiger partial charge in [-0.2, -0.15) is 0 Å². The Morgan fingerprint density at radius 1 is 0.870 bits per heavy atom. The summed E-state index contributed by atoms with van der Waals surface area (Å²) in [5, 5.41) is -0.483. The second-order valence-electron chi connectivity index (χ2n) is 5.82. The van der Waals surface area contributed by atoms with Gasteiger partial charge in [-0.1, -0.05) is 70.2 Å². The molecule has 0 fully saturated rings. The van der Waals surface area contributed by atoms with Crippen LogP contribution in [0, 0.1) is 0 Å². The summed E-state index contributed by atoms with van der Waals surface area (Å²) >= 11 is 1.76. The molecule has 0 aromatic rings. The first-order valence-electron chi connectivity index (χ1n) is 9.25. The Bertz CT molecular complexity index is 265. The first-order valence-corrected chi connectivity index (χ1v) is 10.2. The van der Waals surface area contributed by atoms with Crippen LogP contribution in [0.1, 0.15) is 78.1 Å². The molecule has 0 N–H and O–H groups in total. The van der Waals surface area contributed by atoms with Crippen LogP contribution in [0.5, 0.6) is 0 Å². The van der Waals surface area contributed by atoms with Crippen molar-refractivity contribution >= 4 is 11.8 Å². The van der Waals surface area contributed by atoms with Gasteiger partial charge >= 0.3 is 0 Å². The highest BCUT2D eigenvalue weighted by atomic mass is 32.2. The lowest BCUT2D eigenvalue weighted by atomic mass is 10.1. The Hall–Kier alpha value is -0.190. The Labute approximate surface area is 148 Å². The van der Waals surface area contributed by atoms with Gasteiger partial charge in [-0.25, -0.2) is 0 Å². The van der Waals surface area contributed by atoms with Gasteiger partial charge in [-0.05, 0) is 19.3 Å². The normalized spacial score (nSPS) is 12.2. The maximum atomic E-state index is 5.66. The summed E-state index contributed by atoms with van der Waals surface area (Å²) in [5.41, 5.74) is 0. The Morgan fingerprint density at radius 2 is 1.52 bits per heavy atom. The van der Waals surface area contributed by atoms with Gasteiger partial charge in [-0.15, -0.1) is 0 Å². The van der Waals surface area contributed by atoms with Crippen molar-refractivity contribution in [2.45, 2.75) is 83.2 Å². The molecule has 23 heavy (non-hydrogen) atoms. The van der Waals surface area contributed by atoms with Crippen LogP contribution in [0.4, 0.5) is 0 Å². The zero-order valence-electron chi connectivity index (χ0n) is 15.8. The van der Waals surface area contributed by atoms with Crippen LogP contribution >= 0.6 is 11.8 Å². The molecule has 0 unspecified atom stereocenters. The standard InChI is InChI=1S/C19H38O3S/c1-5-7-9-10-11-12-13-15-19(20-3,21-4)23-18-14-17-22-16-8-6-2/h8,16H,5-7,9-15,17-18H2,1-4H3. The average molecular weight is 347 g/mol. The third kappa shape index (κ3) is 12.8. The third-order valence-corrected chi connectivity index (χ3v) is 5.34. The molecule has 138 valence electrons. The van der Waals surface area contributed by atoms with Crippen LogP contribution in [0.15, 0.2) is 12.3 Å². The molecule has 4 heteroatoms. The van der Waals surface area contributed by atoms with Gasteiger partial charge < -0.3 is 14.2 Å². The van der Waals surface area contributed by atoms with E-state index in [1.807, 2.05) is 6.08 Å². The summed E-state index contributed by atoms with van der Waals surface area (Å²) < 4.78 is 16.8. The van der Waals surface area contributed by atoms with E-state index in [9.17, 15) is 0 Å². The predicted octanol–water partition coefficient (Wildman–Crippen LogP) is 6.14. The van der Waals surface area contributed by atoms with Crippen LogP contribution in [-0.2, 0) is 14.2 Å². The Morgan fingerprint density at radius 3 is 2.13 bits per heavy atom. The molecule has 0 saturated carbocycles. The molecule has 0 aromatic carbocycles. The number of ether oxygens (including phenoxy) is 3. The van der Waals surface area contributed by atoms with Gasteiger partial charge in [0.25, 0.3) is 0 Å². The SMILES string of the molecule is CCC=COCCCSC(CCCCCCCCC)(OC)OC. The minimum absolute atomic E-state index is 0.483. The summed E-state index contributed by atoms with van der Waals surface area (Å²) in [7, 11) is 3.50. The van der Waals surface area contributed by atoms with E-state index in [2.05, 4.69) is 13.8 Å². The summed E-state index contributed by atoms with van der Waals surface area (Å²) in [6, 6.07) is 0. The van der Waals surface area contributed by atoms with Crippen molar-refractivity contribution in [1.29, 1.82) is 0 Å². The molecule has 0 amide bonds. The average Bonchev–Trinajstić information content (AvgIpc) is 2.58. The highest BCUT2D eigenvalue weighted by molar-refractivity contribution is 8.00. The summed E-state index contributed by atoms with van der Waals surface area (Å²) in [4.78, 5) is 0. The van der Waals surface area contributed by atoms with Crippen LogP contribution in [0.2, 0.25) is 0 Å². The lowest BCUT2D eigenvalue weighted by molar-refractivity contribution is -0.138. The molecule has 0 spiro atoms. The Kier molecular flexibility index (Phi) is 16.5. The van der Waals surface area contributed by atoms with Gasteiger partial charge in [0.1, 0.15) is 0 Å². The molecule has 0 radical (unpaired) electrons. The second-order valence-corrected chi connectivity index (χ2v) is 7.13. The van der Waals surface area contributed by atoms with Crippen molar-refractivity contribution in [2.24, 2.45) is 0 Å². The number of hydrogen-bond acceptors (Lipinski definition) is 4. The van der Waals surface area contributed by atoms with Crippen molar-refractivity contribution in [3.8, 4) is 0 Å². The van der Waals surface area contributed by atoms with Crippen molar-refractivity contribution in [1.82, 2.24) is 0 Å². The lowest BCUT2D eigenvalue weighted by Crippen LogP contribution is -2.30. The van der Waals surface area contributed by atoms with Crippen molar-refractivity contribution in [2.75, 3.05) is 26.6 Å². The van der Waals surface area contributed by atoms with Gasteiger partial charge in [0.05, 0.1) is 12.9 Å². The second kappa shape index (κ2) is 16.7. The van der Waals surface area contributed by atoms with Crippen LogP contribution in [0.3, 0.4) is 0 Å². The maximum Gasteiger partial charge on any atom is 0.217 e. The fourth-order valence-electron chi connectivity index (χ4n) is 2.38. The van der Waals surface area contributed by atoms with E-state index < -0.39 is 5.12 Å². The van der Waals surface area contributed by atoms with Gasteiger partial charge in [-0.3, -0.25) is 0 Å². The number of unbranched alkanes of at least 4 members (excludes halogenated alkanes) is 6. The summed E-state index contributed by atoms with van der Waals surface area (Å²) in [6.07, 6.45) is 16.0. The minimum atomic E-state index is -0.483. The van der Waals surface area contributed by atoms with Gasteiger partial charge in [0.2, 0.25) is 5.12 Å². The highest BCUT2D eigenvalue weighted by Crippen LogP contribution is 2.33. The molecule has 0 saturated heterocycles. The number of hydrogen-bond donors (Lipinski definition) is 0. The quantitative estimate of drug-likeness (QED) is 0.180. The number of methoxy groups -OCH3 is 2. The van der Waals surface area contributed by atoms with Crippen molar-refractivity contribution < 1.29 is 14.2 Å².